The molecule has 0 spiro atoms. The predicted octanol–water partition coefficient (Wildman–Crippen LogP) is 8.98. The van der Waals surface area contributed by atoms with Gasteiger partial charge in [-0.3, -0.25) is 0 Å². The van der Waals surface area contributed by atoms with Crippen LogP contribution in [0.5, 0.6) is 11.5 Å². The van der Waals surface area contributed by atoms with E-state index in [-0.39, 0.29) is 0 Å². The SMILES string of the molecule is COc1ccc(-c2nc3ccc(Br)cc3s2)cc1.COc1ccc(C(=S)Nc2ccc(Br)cc2)cc1. The molecule has 182 valence electrons. The third kappa shape index (κ3) is 6.91. The fraction of sp³-hybridized carbons (Fsp3) is 0.0714. The van der Waals surface area contributed by atoms with E-state index in [0.717, 1.165) is 47.8 Å². The lowest BCUT2D eigenvalue weighted by Crippen LogP contribution is -2.10. The molecule has 8 heteroatoms. The number of halogens is 2. The summed E-state index contributed by atoms with van der Waals surface area (Å²) >= 11 is 13.9. The fourth-order valence-electron chi connectivity index (χ4n) is 3.23. The van der Waals surface area contributed by atoms with Crippen LogP contribution in [0.3, 0.4) is 0 Å². The second kappa shape index (κ2) is 12.5. The van der Waals surface area contributed by atoms with Crippen molar-refractivity contribution in [3.8, 4) is 22.1 Å². The first-order valence-corrected chi connectivity index (χ1v) is 13.7. The summed E-state index contributed by atoms with van der Waals surface area (Å²) in [6.45, 7) is 0. The molecule has 0 aliphatic carbocycles. The Balaban J connectivity index is 0.000000169. The fourth-order valence-corrected chi connectivity index (χ4v) is 5.28. The number of thiazole rings is 1. The van der Waals surface area contributed by atoms with Crippen molar-refractivity contribution in [2.24, 2.45) is 0 Å². The van der Waals surface area contributed by atoms with Crippen LogP contribution < -0.4 is 14.8 Å². The summed E-state index contributed by atoms with van der Waals surface area (Å²) in [4.78, 5) is 5.33. The van der Waals surface area contributed by atoms with Gasteiger partial charge in [0.25, 0.3) is 0 Å². The number of hydrogen-bond acceptors (Lipinski definition) is 5. The summed E-state index contributed by atoms with van der Waals surface area (Å²) < 4.78 is 13.6. The Morgan fingerprint density at radius 1 is 0.778 bits per heavy atom. The number of nitrogens with zero attached hydrogens (tertiary/aromatic N) is 1. The van der Waals surface area contributed by atoms with Gasteiger partial charge >= 0.3 is 0 Å². The van der Waals surface area contributed by atoms with Crippen molar-refractivity contribution >= 4 is 76.3 Å². The lowest BCUT2D eigenvalue weighted by atomic mass is 10.2. The number of hydrogen-bond donors (Lipinski definition) is 1. The standard InChI is InChI=1S/C14H10BrNOS.C14H12BrNOS/c1-17-11-5-2-9(3-6-11)14-16-12-7-4-10(15)8-13(12)18-14;1-17-13-8-2-10(3-9-13)14(18)16-12-6-4-11(15)5-7-12/h2-8H,1H3;2-9H,1H3,(H,16,18). The van der Waals surface area contributed by atoms with Gasteiger partial charge in [0.05, 0.1) is 24.4 Å². The van der Waals surface area contributed by atoms with E-state index in [4.69, 9.17) is 21.7 Å². The number of methoxy groups -OCH3 is 2. The molecule has 5 rings (SSSR count). The molecule has 0 atom stereocenters. The van der Waals surface area contributed by atoms with Crippen molar-refractivity contribution in [3.05, 3.63) is 106 Å². The molecule has 36 heavy (non-hydrogen) atoms. The highest BCUT2D eigenvalue weighted by atomic mass is 79.9. The predicted molar refractivity (Wildman–Crippen MR) is 162 cm³/mol. The second-order valence-electron chi connectivity index (χ2n) is 7.55. The number of rotatable bonds is 5. The van der Waals surface area contributed by atoms with Crippen molar-refractivity contribution in [1.82, 2.24) is 4.98 Å². The first-order valence-electron chi connectivity index (χ1n) is 10.9. The Bertz CT molecular complexity index is 1450. The molecule has 0 aliphatic rings. The smallest absolute Gasteiger partial charge is 0.124 e. The first kappa shape index (κ1) is 26.3. The summed E-state index contributed by atoms with van der Waals surface area (Å²) in [5.74, 6) is 1.69. The van der Waals surface area contributed by atoms with Crippen molar-refractivity contribution in [3.63, 3.8) is 0 Å². The van der Waals surface area contributed by atoms with Crippen LogP contribution in [0.2, 0.25) is 0 Å². The van der Waals surface area contributed by atoms with E-state index in [9.17, 15) is 0 Å². The third-order valence-corrected chi connectivity index (χ3v) is 7.57. The molecule has 1 heterocycles. The highest BCUT2D eigenvalue weighted by Crippen LogP contribution is 2.32. The average Bonchev–Trinajstić information content (AvgIpc) is 3.34. The van der Waals surface area contributed by atoms with Crippen LogP contribution in [0.1, 0.15) is 5.56 Å². The Labute approximate surface area is 236 Å². The van der Waals surface area contributed by atoms with Crippen LogP contribution in [-0.2, 0) is 0 Å². The van der Waals surface area contributed by atoms with Crippen molar-refractivity contribution in [2.75, 3.05) is 19.5 Å². The molecule has 0 saturated heterocycles. The molecule has 4 aromatic carbocycles. The van der Waals surface area contributed by atoms with Gasteiger partial charge < -0.3 is 14.8 Å². The van der Waals surface area contributed by atoms with Crippen LogP contribution >= 0.6 is 55.4 Å². The van der Waals surface area contributed by atoms with Gasteiger partial charge in [0.2, 0.25) is 0 Å². The maximum Gasteiger partial charge on any atom is 0.124 e. The number of ether oxygens (including phenoxy) is 2. The van der Waals surface area contributed by atoms with E-state index in [1.54, 1.807) is 25.6 Å². The van der Waals surface area contributed by atoms with Crippen LogP contribution in [0, 0.1) is 0 Å². The van der Waals surface area contributed by atoms with Gasteiger partial charge in [-0.05, 0) is 91.0 Å². The van der Waals surface area contributed by atoms with E-state index >= 15 is 0 Å². The Kier molecular flexibility index (Phi) is 9.09. The second-order valence-corrected chi connectivity index (χ2v) is 10.8. The lowest BCUT2D eigenvalue weighted by molar-refractivity contribution is 0.414. The lowest BCUT2D eigenvalue weighted by Gasteiger charge is -2.08. The monoisotopic (exact) mass is 640 g/mol. The minimum atomic E-state index is 0.694. The molecule has 0 fully saturated rings. The van der Waals surface area contributed by atoms with E-state index in [2.05, 4.69) is 48.2 Å². The van der Waals surface area contributed by atoms with Gasteiger partial charge in [0.1, 0.15) is 21.5 Å². The van der Waals surface area contributed by atoms with E-state index in [1.807, 2.05) is 84.9 Å². The molecule has 0 bridgehead atoms. The summed E-state index contributed by atoms with van der Waals surface area (Å²) in [5.41, 5.74) is 4.09. The molecule has 1 N–H and O–H groups in total. The summed E-state index contributed by atoms with van der Waals surface area (Å²) in [6.07, 6.45) is 0. The molecule has 4 nitrogen and oxygen atoms in total. The van der Waals surface area contributed by atoms with Gasteiger partial charge in [-0.1, -0.05) is 44.1 Å². The average molecular weight is 642 g/mol. The van der Waals surface area contributed by atoms with Crippen molar-refractivity contribution in [1.29, 1.82) is 0 Å². The van der Waals surface area contributed by atoms with Crippen molar-refractivity contribution < 1.29 is 9.47 Å². The normalized spacial score (nSPS) is 10.3. The third-order valence-electron chi connectivity index (χ3n) is 5.14. The van der Waals surface area contributed by atoms with Gasteiger partial charge in [0, 0.05) is 25.8 Å². The van der Waals surface area contributed by atoms with Gasteiger partial charge in [-0.25, -0.2) is 4.98 Å². The number of thiocarbonyl (C=S) groups is 1. The molecule has 0 aliphatic heterocycles. The van der Waals surface area contributed by atoms with E-state index < -0.39 is 0 Å². The van der Waals surface area contributed by atoms with Gasteiger partial charge in [-0.2, -0.15) is 0 Å². The Hall–Kier alpha value is -2.78. The van der Waals surface area contributed by atoms with Crippen molar-refractivity contribution in [2.45, 2.75) is 0 Å². The van der Waals surface area contributed by atoms with E-state index in [1.165, 1.54) is 4.70 Å². The van der Waals surface area contributed by atoms with Gasteiger partial charge in [0.15, 0.2) is 0 Å². The Morgan fingerprint density at radius 2 is 1.36 bits per heavy atom. The summed E-state index contributed by atoms with van der Waals surface area (Å²) in [6, 6.07) is 29.7. The van der Waals surface area contributed by atoms with Crippen LogP contribution in [-0.4, -0.2) is 24.2 Å². The van der Waals surface area contributed by atoms with E-state index in [0.29, 0.717) is 4.99 Å². The summed E-state index contributed by atoms with van der Waals surface area (Å²) in [5, 5.41) is 4.23. The van der Waals surface area contributed by atoms with Gasteiger partial charge in [-0.15, -0.1) is 11.3 Å². The number of aromatic nitrogens is 1. The maximum absolute atomic E-state index is 5.35. The molecular weight excluding hydrogens is 620 g/mol. The highest BCUT2D eigenvalue weighted by molar-refractivity contribution is 9.10. The van der Waals surface area contributed by atoms with Crippen LogP contribution in [0.25, 0.3) is 20.8 Å². The summed E-state index contributed by atoms with van der Waals surface area (Å²) in [7, 11) is 3.32. The number of benzene rings is 4. The Morgan fingerprint density at radius 3 is 1.97 bits per heavy atom. The molecule has 5 aromatic rings. The molecule has 0 unspecified atom stereocenters. The zero-order valence-electron chi connectivity index (χ0n) is 19.5. The minimum absolute atomic E-state index is 0.694. The molecule has 0 amide bonds. The maximum atomic E-state index is 5.35. The molecule has 1 aromatic heterocycles. The minimum Gasteiger partial charge on any atom is -0.497 e. The first-order chi connectivity index (χ1) is 17.4. The topological polar surface area (TPSA) is 43.4 Å². The molecular formula is C28H22Br2N2O2S2. The zero-order chi connectivity index (χ0) is 25.5. The number of nitrogens with one attached hydrogen (secondary N) is 1. The van der Waals surface area contributed by atoms with Crippen LogP contribution in [0.4, 0.5) is 5.69 Å². The largest absolute Gasteiger partial charge is 0.497 e. The van der Waals surface area contributed by atoms with Crippen LogP contribution in [0.15, 0.2) is 99.9 Å². The highest BCUT2D eigenvalue weighted by Gasteiger charge is 2.07. The molecule has 0 saturated carbocycles. The molecule has 0 radical (unpaired) electrons. The zero-order valence-corrected chi connectivity index (χ0v) is 24.3. The number of anilines is 1. The quantitative estimate of drug-likeness (QED) is 0.194. The number of fused-ring (bicyclic) bond motifs is 1.